The minimum atomic E-state index is -0.833. The van der Waals surface area contributed by atoms with Gasteiger partial charge in [0.1, 0.15) is 5.82 Å². The summed E-state index contributed by atoms with van der Waals surface area (Å²) >= 11 is 0. The van der Waals surface area contributed by atoms with E-state index in [0.29, 0.717) is 17.7 Å². The lowest BCUT2D eigenvalue weighted by Gasteiger charge is -2.37. The van der Waals surface area contributed by atoms with Gasteiger partial charge in [-0.25, -0.2) is 4.98 Å². The van der Waals surface area contributed by atoms with Crippen molar-refractivity contribution in [2.24, 2.45) is 5.92 Å². The quantitative estimate of drug-likeness (QED) is 0.440. The van der Waals surface area contributed by atoms with Gasteiger partial charge in [0.25, 0.3) is 17.5 Å². The number of aromatic nitrogens is 2. The van der Waals surface area contributed by atoms with Crippen molar-refractivity contribution in [3.05, 3.63) is 58.6 Å². The van der Waals surface area contributed by atoms with Crippen LogP contribution in [0.2, 0.25) is 0 Å². The van der Waals surface area contributed by atoms with Crippen molar-refractivity contribution >= 4 is 28.5 Å². The van der Waals surface area contributed by atoms with E-state index in [0.717, 1.165) is 55.4 Å². The molecule has 2 bridgehead atoms. The molecular formula is C24H28N4O5. The molecule has 0 saturated carbocycles. The summed E-state index contributed by atoms with van der Waals surface area (Å²) in [5, 5.41) is 20.4. The Kier molecular flexibility index (Phi) is 7.44. The fourth-order valence-electron chi connectivity index (χ4n) is 4.31. The molecule has 5 N–H and O–H groups in total. The maximum absolute atomic E-state index is 12.7. The van der Waals surface area contributed by atoms with Crippen LogP contribution in [0.4, 0.5) is 5.82 Å². The molecule has 2 aromatic heterocycles. The van der Waals surface area contributed by atoms with E-state index in [1.54, 1.807) is 12.3 Å². The lowest BCUT2D eigenvalue weighted by molar-refractivity contribution is -0.135. The van der Waals surface area contributed by atoms with Crippen LogP contribution < -0.4 is 16.6 Å². The van der Waals surface area contributed by atoms with Gasteiger partial charge in [0.15, 0.2) is 0 Å². The van der Waals surface area contributed by atoms with Gasteiger partial charge in [0.05, 0.1) is 0 Å². The first kappa shape index (κ1) is 23.9. The highest BCUT2D eigenvalue weighted by atomic mass is 16.4. The highest BCUT2D eigenvalue weighted by Gasteiger charge is 2.31. The number of nitrogens with zero attached hydrogens (tertiary/aromatic N) is 2. The second-order valence-corrected chi connectivity index (χ2v) is 8.28. The average Bonchev–Trinajstić information content (AvgIpc) is 2.73. The number of carboxylic acids is 2. The monoisotopic (exact) mass is 452 g/mol. The zero-order valence-corrected chi connectivity index (χ0v) is 18.6. The van der Waals surface area contributed by atoms with E-state index in [1.807, 2.05) is 16.7 Å². The molecule has 4 heterocycles. The Labute approximate surface area is 190 Å². The second-order valence-electron chi connectivity index (χ2n) is 8.28. The van der Waals surface area contributed by atoms with E-state index in [4.69, 9.17) is 25.5 Å². The number of pyridine rings is 2. The first-order valence-corrected chi connectivity index (χ1v) is 10.6. The lowest BCUT2D eigenvalue weighted by Crippen LogP contribution is -2.44. The number of nitrogen functional groups attached to an aromatic ring is 1. The highest BCUT2D eigenvalue weighted by molar-refractivity contribution is 5.88. The summed E-state index contributed by atoms with van der Waals surface area (Å²) in [5.74, 6) is -0.152. The zero-order valence-electron chi connectivity index (χ0n) is 18.6. The minimum absolute atomic E-state index is 0.110. The third-order valence-corrected chi connectivity index (χ3v) is 5.54. The lowest BCUT2D eigenvalue weighted by atomic mass is 9.83. The zero-order chi connectivity index (χ0) is 24.1. The van der Waals surface area contributed by atoms with Crippen molar-refractivity contribution in [1.29, 1.82) is 0 Å². The number of piperidine rings is 1. The molecule has 0 spiro atoms. The molecule has 0 aliphatic carbocycles. The molecule has 9 heteroatoms. The summed E-state index contributed by atoms with van der Waals surface area (Å²) in [6.07, 6.45) is 2.96. The van der Waals surface area contributed by atoms with Gasteiger partial charge in [0.2, 0.25) is 0 Å². The van der Waals surface area contributed by atoms with Gasteiger partial charge in [-0.3, -0.25) is 14.4 Å². The van der Waals surface area contributed by atoms with Gasteiger partial charge in [-0.15, -0.1) is 0 Å². The number of aliphatic carboxylic acids is 2. The van der Waals surface area contributed by atoms with Gasteiger partial charge >= 0.3 is 0 Å². The number of hydrogen-bond acceptors (Lipinski definition) is 6. The Hall–Kier alpha value is -3.72. The number of nitrogens with two attached hydrogens (primary N) is 1. The summed E-state index contributed by atoms with van der Waals surface area (Å²) < 4.78 is 1.98. The molecule has 174 valence electrons. The smallest absolute Gasteiger partial charge is 0.300 e. The molecule has 1 aromatic carbocycles. The van der Waals surface area contributed by atoms with Gasteiger partial charge in [-0.2, -0.15) is 0 Å². The Morgan fingerprint density at radius 3 is 2.42 bits per heavy atom. The molecule has 9 nitrogen and oxygen atoms in total. The molecule has 0 unspecified atom stereocenters. The number of benzene rings is 1. The van der Waals surface area contributed by atoms with Crippen molar-refractivity contribution in [1.82, 2.24) is 14.9 Å². The fraction of sp³-hybridized carbons (Fsp3) is 0.333. The standard InChI is InChI=1S/C20H20N4O.2C2H4O2/c21-19-6-15-4-13(1-2-14(15)10-23-19)16-5-18-17-3-12(8-22-9-17)11-24(18)20(25)7-16;2*1-2(3)4/h1-2,4-7,10,12,17,22H,3,8-9,11H2,(H2,21,23);2*1H3,(H,3,4)/t12-,17+;;/m0../s1. The number of carbonyl (C=O) groups is 2. The van der Waals surface area contributed by atoms with Gasteiger partial charge < -0.3 is 25.8 Å². The van der Waals surface area contributed by atoms with E-state index in [1.165, 1.54) is 12.1 Å². The summed E-state index contributed by atoms with van der Waals surface area (Å²) in [6, 6.07) is 12.0. The summed E-state index contributed by atoms with van der Waals surface area (Å²) in [7, 11) is 0. The molecule has 0 amide bonds. The molecule has 1 fully saturated rings. The van der Waals surface area contributed by atoms with E-state index < -0.39 is 11.9 Å². The van der Waals surface area contributed by atoms with Crippen LogP contribution in [-0.2, 0) is 16.1 Å². The Morgan fingerprint density at radius 2 is 1.73 bits per heavy atom. The first-order chi connectivity index (χ1) is 15.6. The first-order valence-electron chi connectivity index (χ1n) is 10.6. The van der Waals surface area contributed by atoms with Crippen LogP contribution in [0, 0.1) is 5.92 Å². The number of anilines is 1. The van der Waals surface area contributed by atoms with Crippen LogP contribution >= 0.6 is 0 Å². The molecule has 2 atom stereocenters. The highest BCUT2D eigenvalue weighted by Crippen LogP contribution is 2.34. The molecular weight excluding hydrogens is 424 g/mol. The van der Waals surface area contributed by atoms with Gasteiger partial charge in [0, 0.05) is 56.2 Å². The summed E-state index contributed by atoms with van der Waals surface area (Å²) in [5.41, 5.74) is 9.12. The van der Waals surface area contributed by atoms with Crippen molar-refractivity contribution in [3.63, 3.8) is 0 Å². The predicted octanol–water partition coefficient (Wildman–Crippen LogP) is 2.53. The van der Waals surface area contributed by atoms with Crippen molar-refractivity contribution in [3.8, 4) is 11.1 Å². The SMILES string of the molecule is CC(=O)O.CC(=O)O.Nc1cc2cc(-c3cc4n(c(=O)c3)C[C@@H]3CNC[C@H]4C3)ccc2cn1. The normalized spacial score (nSPS) is 18.1. The summed E-state index contributed by atoms with van der Waals surface area (Å²) in [6.45, 7) is 4.97. The predicted molar refractivity (Wildman–Crippen MR) is 126 cm³/mol. The second kappa shape index (κ2) is 10.3. The number of nitrogens with one attached hydrogen (secondary N) is 1. The molecule has 1 saturated heterocycles. The van der Waals surface area contributed by atoms with Crippen molar-refractivity contribution in [2.45, 2.75) is 32.7 Å². The minimum Gasteiger partial charge on any atom is -0.481 e. The maximum Gasteiger partial charge on any atom is 0.300 e. The van der Waals surface area contributed by atoms with E-state index in [2.05, 4.69) is 28.5 Å². The molecule has 2 aliphatic heterocycles. The Balaban J connectivity index is 0.000000335. The Bertz CT molecular complexity index is 1220. The number of fused-ring (bicyclic) bond motifs is 5. The van der Waals surface area contributed by atoms with Crippen LogP contribution in [0.1, 0.15) is 31.9 Å². The number of rotatable bonds is 1. The van der Waals surface area contributed by atoms with E-state index >= 15 is 0 Å². The third kappa shape index (κ3) is 6.17. The van der Waals surface area contributed by atoms with Crippen molar-refractivity contribution < 1.29 is 19.8 Å². The molecule has 2 aliphatic rings. The van der Waals surface area contributed by atoms with Crippen LogP contribution in [0.3, 0.4) is 0 Å². The molecule has 0 radical (unpaired) electrons. The summed E-state index contributed by atoms with van der Waals surface area (Å²) in [4.78, 5) is 34.9. The molecule has 5 rings (SSSR count). The number of hydrogen-bond donors (Lipinski definition) is 4. The van der Waals surface area contributed by atoms with Gasteiger partial charge in [-0.1, -0.05) is 12.1 Å². The molecule has 3 aromatic rings. The van der Waals surface area contributed by atoms with Crippen LogP contribution in [0.25, 0.3) is 21.9 Å². The molecule has 33 heavy (non-hydrogen) atoms. The Morgan fingerprint density at radius 1 is 1.03 bits per heavy atom. The fourth-order valence-corrected chi connectivity index (χ4v) is 4.31. The maximum atomic E-state index is 12.7. The van der Waals surface area contributed by atoms with Crippen LogP contribution in [0.5, 0.6) is 0 Å². The van der Waals surface area contributed by atoms with Crippen LogP contribution in [-0.4, -0.2) is 44.8 Å². The third-order valence-electron chi connectivity index (χ3n) is 5.54. The van der Waals surface area contributed by atoms with Gasteiger partial charge in [-0.05, 0) is 53.6 Å². The van der Waals surface area contributed by atoms with Crippen molar-refractivity contribution in [2.75, 3.05) is 18.8 Å². The number of carboxylic acid groups (broad SMARTS) is 2. The topological polar surface area (TPSA) is 148 Å². The van der Waals surface area contributed by atoms with E-state index in [-0.39, 0.29) is 5.56 Å². The largest absolute Gasteiger partial charge is 0.481 e. The van der Waals surface area contributed by atoms with E-state index in [9.17, 15) is 4.79 Å². The average molecular weight is 453 g/mol. The van der Waals surface area contributed by atoms with Crippen LogP contribution in [0.15, 0.2) is 47.4 Å².